The first-order chi connectivity index (χ1) is 15.8. The van der Waals surface area contributed by atoms with E-state index >= 15 is 0 Å². The molecule has 0 saturated heterocycles. The Balaban J connectivity index is 1.55. The van der Waals surface area contributed by atoms with Gasteiger partial charge in [0.2, 0.25) is 17.6 Å². The SMILES string of the molecule is Cc1ccc(-n2nc(-c3noc(CCC(=O)Nc4cccnc4Cl)n3)c(=O)n(C)c2=O)cc1. The number of benzene rings is 1. The smallest absolute Gasteiger partial charge is 0.339 e. The van der Waals surface area contributed by atoms with Gasteiger partial charge in [-0.3, -0.25) is 14.2 Å². The highest BCUT2D eigenvalue weighted by Gasteiger charge is 2.19. The summed E-state index contributed by atoms with van der Waals surface area (Å²) >= 11 is 5.93. The first-order valence-corrected chi connectivity index (χ1v) is 10.2. The Labute approximate surface area is 191 Å². The van der Waals surface area contributed by atoms with Gasteiger partial charge in [0.1, 0.15) is 0 Å². The molecule has 0 fully saturated rings. The van der Waals surface area contributed by atoms with Crippen LogP contribution in [0.15, 0.2) is 56.7 Å². The highest BCUT2D eigenvalue weighted by molar-refractivity contribution is 6.32. The maximum absolute atomic E-state index is 12.6. The van der Waals surface area contributed by atoms with E-state index in [4.69, 9.17) is 16.1 Å². The zero-order valence-corrected chi connectivity index (χ0v) is 18.4. The van der Waals surface area contributed by atoms with Crippen molar-refractivity contribution in [3.63, 3.8) is 0 Å². The molecule has 0 saturated carbocycles. The Morgan fingerprint density at radius 2 is 1.94 bits per heavy atom. The summed E-state index contributed by atoms with van der Waals surface area (Å²) in [6.07, 6.45) is 1.66. The molecule has 1 N–H and O–H groups in total. The maximum atomic E-state index is 12.6. The molecular weight excluding hydrogens is 450 g/mol. The van der Waals surface area contributed by atoms with E-state index in [2.05, 4.69) is 25.5 Å². The number of aromatic nitrogens is 6. The minimum atomic E-state index is -0.667. The average Bonchev–Trinajstić information content (AvgIpc) is 3.27. The largest absolute Gasteiger partial charge is 0.351 e. The molecule has 33 heavy (non-hydrogen) atoms. The molecule has 0 radical (unpaired) electrons. The lowest BCUT2D eigenvalue weighted by Gasteiger charge is -2.08. The van der Waals surface area contributed by atoms with Crippen LogP contribution in [0.2, 0.25) is 5.15 Å². The predicted octanol–water partition coefficient (Wildman–Crippen LogP) is 1.91. The van der Waals surface area contributed by atoms with Crippen LogP contribution >= 0.6 is 11.6 Å². The number of pyridine rings is 1. The second-order valence-corrected chi connectivity index (χ2v) is 7.50. The molecule has 0 aliphatic heterocycles. The van der Waals surface area contributed by atoms with Crippen molar-refractivity contribution in [2.45, 2.75) is 19.8 Å². The van der Waals surface area contributed by atoms with Crippen molar-refractivity contribution in [2.24, 2.45) is 7.05 Å². The minimum Gasteiger partial charge on any atom is -0.339 e. The maximum Gasteiger partial charge on any atom is 0.351 e. The fourth-order valence-corrected chi connectivity index (χ4v) is 3.10. The van der Waals surface area contributed by atoms with Crippen LogP contribution in [0.3, 0.4) is 0 Å². The quantitative estimate of drug-likeness (QED) is 0.424. The highest BCUT2D eigenvalue weighted by Crippen LogP contribution is 2.18. The van der Waals surface area contributed by atoms with Crippen LogP contribution in [0.1, 0.15) is 17.9 Å². The molecule has 0 unspecified atom stereocenters. The zero-order chi connectivity index (χ0) is 23.5. The molecule has 0 spiro atoms. The lowest BCUT2D eigenvalue weighted by Crippen LogP contribution is -2.40. The molecule has 4 aromatic rings. The van der Waals surface area contributed by atoms with Gasteiger partial charge in [0.15, 0.2) is 10.8 Å². The summed E-state index contributed by atoms with van der Waals surface area (Å²) in [4.78, 5) is 45.4. The van der Waals surface area contributed by atoms with Crippen LogP contribution in [-0.2, 0) is 18.3 Å². The van der Waals surface area contributed by atoms with Gasteiger partial charge < -0.3 is 9.84 Å². The van der Waals surface area contributed by atoms with E-state index in [1.165, 1.54) is 13.2 Å². The number of rotatable bonds is 6. The molecule has 12 heteroatoms. The van der Waals surface area contributed by atoms with Crippen molar-refractivity contribution in [1.29, 1.82) is 0 Å². The van der Waals surface area contributed by atoms with Crippen molar-refractivity contribution in [1.82, 2.24) is 29.5 Å². The lowest BCUT2D eigenvalue weighted by atomic mass is 10.2. The summed E-state index contributed by atoms with van der Waals surface area (Å²) in [7, 11) is 1.34. The summed E-state index contributed by atoms with van der Waals surface area (Å²) in [6.45, 7) is 1.92. The van der Waals surface area contributed by atoms with Gasteiger partial charge >= 0.3 is 5.69 Å². The van der Waals surface area contributed by atoms with Gasteiger partial charge in [0.05, 0.1) is 11.4 Å². The number of nitrogens with one attached hydrogen (secondary N) is 1. The van der Waals surface area contributed by atoms with E-state index in [1.54, 1.807) is 24.3 Å². The van der Waals surface area contributed by atoms with Gasteiger partial charge in [0, 0.05) is 26.1 Å². The topological polar surface area (TPSA) is 138 Å². The van der Waals surface area contributed by atoms with Crippen molar-refractivity contribution in [2.75, 3.05) is 5.32 Å². The summed E-state index contributed by atoms with van der Waals surface area (Å²) in [5.41, 5.74) is 0.453. The fourth-order valence-electron chi connectivity index (χ4n) is 2.93. The van der Waals surface area contributed by atoms with Crippen molar-refractivity contribution >= 4 is 23.2 Å². The second kappa shape index (κ2) is 9.17. The molecule has 0 bridgehead atoms. The monoisotopic (exact) mass is 467 g/mol. The second-order valence-electron chi connectivity index (χ2n) is 7.14. The first kappa shape index (κ1) is 22.1. The number of halogens is 1. The van der Waals surface area contributed by atoms with E-state index in [-0.39, 0.29) is 41.3 Å². The summed E-state index contributed by atoms with van der Waals surface area (Å²) in [6, 6.07) is 10.4. The van der Waals surface area contributed by atoms with Crippen LogP contribution in [0.25, 0.3) is 17.2 Å². The molecular formula is C21H18ClN7O4. The zero-order valence-electron chi connectivity index (χ0n) is 17.6. The third-order valence-corrected chi connectivity index (χ3v) is 5.03. The third-order valence-electron chi connectivity index (χ3n) is 4.73. The average molecular weight is 468 g/mol. The van der Waals surface area contributed by atoms with E-state index in [0.29, 0.717) is 11.4 Å². The first-order valence-electron chi connectivity index (χ1n) is 9.84. The van der Waals surface area contributed by atoms with Crippen LogP contribution < -0.4 is 16.6 Å². The highest BCUT2D eigenvalue weighted by atomic mass is 35.5. The number of anilines is 1. The van der Waals surface area contributed by atoms with Crippen LogP contribution in [0.5, 0.6) is 0 Å². The van der Waals surface area contributed by atoms with Crippen LogP contribution in [0.4, 0.5) is 5.69 Å². The summed E-state index contributed by atoms with van der Waals surface area (Å²) < 4.78 is 7.19. The number of nitrogens with zero attached hydrogens (tertiary/aromatic N) is 6. The van der Waals surface area contributed by atoms with Gasteiger partial charge in [0.25, 0.3) is 5.56 Å². The van der Waals surface area contributed by atoms with Crippen molar-refractivity contribution in [3.05, 3.63) is 80.0 Å². The molecule has 3 heterocycles. The van der Waals surface area contributed by atoms with Crippen molar-refractivity contribution in [3.8, 4) is 17.2 Å². The molecule has 0 atom stereocenters. The Kier molecular flexibility index (Phi) is 6.13. The molecule has 1 aromatic carbocycles. The summed E-state index contributed by atoms with van der Waals surface area (Å²) in [5.74, 6) is -0.275. The number of carbonyl (C=O) groups excluding carboxylic acids is 1. The molecule has 0 aliphatic rings. The van der Waals surface area contributed by atoms with E-state index in [9.17, 15) is 14.4 Å². The minimum absolute atomic E-state index is 0.0289. The number of aryl methyl sites for hydroxylation is 2. The Morgan fingerprint density at radius 1 is 1.18 bits per heavy atom. The Hall–Kier alpha value is -4.12. The van der Waals surface area contributed by atoms with E-state index in [0.717, 1.165) is 14.8 Å². The van der Waals surface area contributed by atoms with Gasteiger partial charge in [-0.1, -0.05) is 34.5 Å². The van der Waals surface area contributed by atoms with Gasteiger partial charge in [-0.05, 0) is 31.2 Å². The number of amides is 1. The molecule has 3 aromatic heterocycles. The standard InChI is InChI=1S/C21H18ClN7O4/c1-12-5-7-13(8-6-12)29-21(32)28(2)20(31)17(26-29)19-25-16(33-27-19)10-9-15(30)24-14-4-3-11-23-18(14)22/h3-8,11H,9-10H2,1-2H3,(H,24,30). The summed E-state index contributed by atoms with van der Waals surface area (Å²) in [5, 5.41) is 10.8. The third kappa shape index (κ3) is 4.72. The van der Waals surface area contributed by atoms with E-state index in [1.807, 2.05) is 19.1 Å². The van der Waals surface area contributed by atoms with Gasteiger partial charge in [-0.2, -0.15) is 14.8 Å². The number of hydrogen-bond acceptors (Lipinski definition) is 8. The van der Waals surface area contributed by atoms with Gasteiger partial charge in [-0.15, -0.1) is 0 Å². The molecule has 168 valence electrons. The van der Waals surface area contributed by atoms with Gasteiger partial charge in [-0.25, -0.2) is 9.78 Å². The Morgan fingerprint density at radius 3 is 2.67 bits per heavy atom. The fraction of sp³-hybridized carbons (Fsp3) is 0.190. The predicted molar refractivity (Wildman–Crippen MR) is 119 cm³/mol. The number of carbonyl (C=O) groups is 1. The molecule has 1 amide bonds. The van der Waals surface area contributed by atoms with Crippen LogP contribution in [0, 0.1) is 6.92 Å². The molecule has 4 rings (SSSR count). The van der Waals surface area contributed by atoms with Crippen LogP contribution in [-0.4, -0.2) is 35.4 Å². The van der Waals surface area contributed by atoms with Crippen molar-refractivity contribution < 1.29 is 9.32 Å². The Bertz CT molecular complexity index is 1440. The number of hydrogen-bond donors (Lipinski definition) is 1. The molecule has 0 aliphatic carbocycles. The van der Waals surface area contributed by atoms with E-state index < -0.39 is 11.2 Å². The normalized spacial score (nSPS) is 10.9. The lowest BCUT2D eigenvalue weighted by molar-refractivity contribution is -0.116. The molecule has 11 nitrogen and oxygen atoms in total.